The van der Waals surface area contributed by atoms with Gasteiger partial charge in [-0.2, -0.15) is 0 Å². The summed E-state index contributed by atoms with van der Waals surface area (Å²) in [6, 6.07) is 9.89. The summed E-state index contributed by atoms with van der Waals surface area (Å²) in [7, 11) is 0. The second kappa shape index (κ2) is 12.6. The molecule has 2 aromatic carbocycles. The summed E-state index contributed by atoms with van der Waals surface area (Å²) in [5.74, 6) is 1.75. The number of rotatable bonds is 12. The highest BCUT2D eigenvalue weighted by Gasteiger charge is 2.10. The normalized spacial score (nSPS) is 11.0. The molecule has 0 bridgehead atoms. The van der Waals surface area contributed by atoms with Crippen LogP contribution in [0.2, 0.25) is 0 Å². The number of benzene rings is 2. The lowest BCUT2D eigenvalue weighted by molar-refractivity contribution is 0.249. The van der Waals surface area contributed by atoms with Crippen molar-refractivity contribution in [3.05, 3.63) is 36.4 Å². The van der Waals surface area contributed by atoms with E-state index in [9.17, 15) is 9.59 Å². The average molecular weight is 511 g/mol. The van der Waals surface area contributed by atoms with E-state index >= 15 is 0 Å². The third-order valence-corrected chi connectivity index (χ3v) is 5.35. The summed E-state index contributed by atoms with van der Waals surface area (Å²) in [5, 5.41) is 28.3. The van der Waals surface area contributed by atoms with Gasteiger partial charge in [0.05, 0.1) is 22.1 Å². The van der Waals surface area contributed by atoms with Crippen LogP contribution < -0.4 is 26.0 Å². The predicted molar refractivity (Wildman–Crippen MR) is 139 cm³/mol. The van der Waals surface area contributed by atoms with Crippen molar-refractivity contribution in [3.8, 4) is 11.5 Å². The van der Waals surface area contributed by atoms with Gasteiger partial charge < -0.3 is 35.6 Å². The number of aliphatic hydroxyl groups excluding tert-OH is 2. The molecular formula is C24H30N8O5. The van der Waals surface area contributed by atoms with Crippen molar-refractivity contribution in [1.82, 2.24) is 30.6 Å². The van der Waals surface area contributed by atoms with Crippen molar-refractivity contribution in [2.24, 2.45) is 0 Å². The molecule has 0 aliphatic carbocycles. The van der Waals surface area contributed by atoms with E-state index in [0.717, 1.165) is 0 Å². The van der Waals surface area contributed by atoms with Gasteiger partial charge in [0.1, 0.15) is 11.5 Å². The number of nitrogens with zero attached hydrogens (tertiary/aromatic N) is 2. The molecule has 0 saturated carbocycles. The van der Waals surface area contributed by atoms with Crippen LogP contribution in [-0.2, 0) is 0 Å². The molecular weight excluding hydrogens is 480 g/mol. The molecule has 196 valence electrons. The molecule has 0 radical (unpaired) electrons. The Morgan fingerprint density at radius 3 is 1.62 bits per heavy atom. The van der Waals surface area contributed by atoms with Gasteiger partial charge in [-0.25, -0.2) is 19.6 Å². The third-order valence-electron chi connectivity index (χ3n) is 5.35. The first-order valence-corrected chi connectivity index (χ1v) is 12.0. The highest BCUT2D eigenvalue weighted by molar-refractivity contribution is 5.91. The summed E-state index contributed by atoms with van der Waals surface area (Å²) in [5.41, 5.74) is 2.70. The smallest absolute Gasteiger partial charge is 0.321 e. The van der Waals surface area contributed by atoms with E-state index in [4.69, 9.17) is 14.9 Å². The highest BCUT2D eigenvalue weighted by Crippen LogP contribution is 2.28. The molecule has 8 N–H and O–H groups in total. The SMILES string of the molecule is O=C(NCCCCO)Nc1nc2ccc(Oc3ccc4nc(NC(=O)NCCCCO)[nH]c4c3)cc2[nH]1. The molecule has 4 aromatic rings. The van der Waals surface area contributed by atoms with Gasteiger partial charge in [0, 0.05) is 38.4 Å². The second-order valence-electron chi connectivity index (χ2n) is 8.25. The number of fused-ring (bicyclic) bond motifs is 2. The molecule has 0 spiro atoms. The van der Waals surface area contributed by atoms with Crippen molar-refractivity contribution in [2.75, 3.05) is 36.9 Å². The molecule has 0 atom stereocenters. The Kier molecular flexibility index (Phi) is 8.73. The Bertz CT molecular complexity index is 1250. The van der Waals surface area contributed by atoms with Gasteiger partial charge in [-0.15, -0.1) is 0 Å². The first kappa shape index (κ1) is 25.7. The second-order valence-corrected chi connectivity index (χ2v) is 8.25. The van der Waals surface area contributed by atoms with Crippen molar-refractivity contribution < 1.29 is 24.5 Å². The molecule has 0 saturated heterocycles. The zero-order valence-electron chi connectivity index (χ0n) is 20.1. The fraction of sp³-hybridized carbons (Fsp3) is 0.333. The number of carbonyl (C=O) groups excluding carboxylic acids is 2. The molecule has 13 heteroatoms. The molecule has 4 amide bonds. The van der Waals surface area contributed by atoms with E-state index < -0.39 is 0 Å². The number of amides is 4. The first-order chi connectivity index (χ1) is 18.0. The van der Waals surface area contributed by atoms with E-state index in [1.54, 1.807) is 36.4 Å². The van der Waals surface area contributed by atoms with E-state index in [-0.39, 0.29) is 25.3 Å². The number of carbonyl (C=O) groups is 2. The average Bonchev–Trinajstić information content (AvgIpc) is 3.46. The lowest BCUT2D eigenvalue weighted by atomic mass is 10.3. The maximum absolute atomic E-state index is 12.0. The number of nitrogens with one attached hydrogen (secondary N) is 6. The Morgan fingerprint density at radius 2 is 1.19 bits per heavy atom. The lowest BCUT2D eigenvalue weighted by Crippen LogP contribution is -2.30. The predicted octanol–water partition coefficient (Wildman–Crippen LogP) is 3.02. The molecule has 0 fully saturated rings. The maximum Gasteiger partial charge on any atom is 0.321 e. The number of aliphatic hydroxyl groups is 2. The first-order valence-electron chi connectivity index (χ1n) is 12.0. The van der Waals surface area contributed by atoms with Crippen LogP contribution in [0.25, 0.3) is 22.1 Å². The number of unbranched alkanes of at least 4 members (excludes halogenated alkanes) is 2. The summed E-state index contributed by atoms with van der Waals surface area (Å²) in [6.45, 7) is 1.11. The minimum Gasteiger partial charge on any atom is -0.457 e. The van der Waals surface area contributed by atoms with Crippen molar-refractivity contribution in [3.63, 3.8) is 0 Å². The minimum atomic E-state index is -0.380. The van der Waals surface area contributed by atoms with E-state index in [0.29, 0.717) is 84.2 Å². The fourth-order valence-electron chi connectivity index (χ4n) is 3.54. The number of imidazole rings is 2. The van der Waals surface area contributed by atoms with Crippen LogP contribution in [0.1, 0.15) is 25.7 Å². The van der Waals surface area contributed by atoms with Crippen LogP contribution >= 0.6 is 0 Å². The van der Waals surface area contributed by atoms with Gasteiger partial charge in [-0.1, -0.05) is 0 Å². The zero-order valence-corrected chi connectivity index (χ0v) is 20.1. The van der Waals surface area contributed by atoms with Crippen LogP contribution in [0, 0.1) is 0 Å². The van der Waals surface area contributed by atoms with Crippen LogP contribution in [-0.4, -0.2) is 68.5 Å². The van der Waals surface area contributed by atoms with Crippen molar-refractivity contribution >= 4 is 46.0 Å². The number of hydrogen-bond acceptors (Lipinski definition) is 7. The molecule has 2 aromatic heterocycles. The minimum absolute atomic E-state index is 0.0945. The third kappa shape index (κ3) is 7.32. The number of hydrogen-bond donors (Lipinski definition) is 8. The molecule has 0 aliphatic rings. The van der Waals surface area contributed by atoms with Gasteiger partial charge >= 0.3 is 12.1 Å². The summed E-state index contributed by atoms with van der Waals surface area (Å²) in [4.78, 5) is 38.8. The topological polar surface area (TPSA) is 189 Å². The molecule has 37 heavy (non-hydrogen) atoms. The molecule has 0 unspecified atom stereocenters. The van der Waals surface area contributed by atoms with E-state index in [2.05, 4.69) is 41.2 Å². The zero-order chi connectivity index (χ0) is 26.0. The van der Waals surface area contributed by atoms with Crippen LogP contribution in [0.15, 0.2) is 36.4 Å². The van der Waals surface area contributed by atoms with E-state index in [1.165, 1.54) is 0 Å². The number of H-pyrrole nitrogens is 2. The number of urea groups is 2. The Labute approximate surface area is 212 Å². The number of aromatic nitrogens is 4. The van der Waals surface area contributed by atoms with Crippen molar-refractivity contribution in [1.29, 1.82) is 0 Å². The molecule has 2 heterocycles. The monoisotopic (exact) mass is 510 g/mol. The summed E-state index contributed by atoms with van der Waals surface area (Å²) >= 11 is 0. The van der Waals surface area contributed by atoms with E-state index in [1.807, 2.05) is 0 Å². The van der Waals surface area contributed by atoms with Gasteiger partial charge in [-0.3, -0.25) is 10.6 Å². The summed E-state index contributed by atoms with van der Waals surface area (Å²) < 4.78 is 5.99. The van der Waals surface area contributed by atoms with Crippen molar-refractivity contribution in [2.45, 2.75) is 25.7 Å². The Balaban J connectivity index is 1.36. The number of anilines is 2. The van der Waals surface area contributed by atoms with Gasteiger partial charge in [0.2, 0.25) is 11.9 Å². The highest BCUT2D eigenvalue weighted by atomic mass is 16.5. The Hall–Kier alpha value is -4.36. The molecule has 4 rings (SSSR count). The molecule has 13 nitrogen and oxygen atoms in total. The quantitative estimate of drug-likeness (QED) is 0.134. The Morgan fingerprint density at radius 1 is 0.730 bits per heavy atom. The van der Waals surface area contributed by atoms with Crippen LogP contribution in [0.5, 0.6) is 11.5 Å². The maximum atomic E-state index is 12.0. The van der Waals surface area contributed by atoms with Crippen LogP contribution in [0.3, 0.4) is 0 Å². The van der Waals surface area contributed by atoms with Gasteiger partial charge in [0.25, 0.3) is 0 Å². The van der Waals surface area contributed by atoms with Gasteiger partial charge in [0.15, 0.2) is 0 Å². The fourth-order valence-corrected chi connectivity index (χ4v) is 3.54. The lowest BCUT2D eigenvalue weighted by Gasteiger charge is -2.05. The van der Waals surface area contributed by atoms with Gasteiger partial charge in [-0.05, 0) is 49.9 Å². The number of ether oxygens (including phenoxy) is 1. The number of aromatic amines is 2. The van der Waals surface area contributed by atoms with Crippen LogP contribution in [0.4, 0.5) is 21.5 Å². The summed E-state index contributed by atoms with van der Waals surface area (Å²) in [6.07, 6.45) is 2.63. The standard InChI is InChI=1S/C24H30N8O5/c33-11-3-1-9-25-23(35)31-21-27-17-7-5-15(13-19(17)29-21)37-16-6-8-18-20(14-16)30-22(28-18)32-24(36)26-10-2-4-12-34/h5-8,13-14,33-34H,1-4,9-12H2,(H3,25,27,29,31,35)(H3,26,28,30,32,36). The molecule has 0 aliphatic heterocycles. The largest absolute Gasteiger partial charge is 0.457 e.